The molecule has 0 saturated heterocycles. The molecule has 0 bridgehead atoms. The summed E-state index contributed by atoms with van der Waals surface area (Å²) in [6.07, 6.45) is 9.36. The van der Waals surface area contributed by atoms with Crippen molar-refractivity contribution in [1.82, 2.24) is 5.32 Å². The van der Waals surface area contributed by atoms with Crippen LogP contribution in [0.25, 0.3) is 0 Å². The molecule has 0 amide bonds. The molecule has 0 aromatic carbocycles. The fourth-order valence-electron chi connectivity index (χ4n) is 2.60. The average molecular weight is 199 g/mol. The molecule has 13 heavy (non-hydrogen) atoms. The fourth-order valence-corrected chi connectivity index (χ4v) is 3.52. The van der Waals surface area contributed by atoms with E-state index in [0.29, 0.717) is 0 Å². The van der Waals surface area contributed by atoms with Crippen molar-refractivity contribution in [2.75, 3.05) is 6.26 Å². The van der Waals surface area contributed by atoms with Crippen LogP contribution < -0.4 is 5.32 Å². The molecule has 2 heteroatoms. The highest BCUT2D eigenvalue weighted by Crippen LogP contribution is 2.33. The number of nitrogens with one attached hydrogen (secondary N) is 1. The molecule has 2 saturated carbocycles. The van der Waals surface area contributed by atoms with Crippen molar-refractivity contribution in [3.05, 3.63) is 0 Å². The van der Waals surface area contributed by atoms with E-state index in [4.69, 9.17) is 0 Å². The van der Waals surface area contributed by atoms with Gasteiger partial charge in [-0.3, -0.25) is 0 Å². The zero-order valence-electron chi connectivity index (χ0n) is 8.75. The third kappa shape index (κ3) is 2.21. The Hall–Kier alpha value is 0.310. The summed E-state index contributed by atoms with van der Waals surface area (Å²) >= 11 is 2.04. The zero-order valence-corrected chi connectivity index (χ0v) is 9.57. The smallest absolute Gasteiger partial charge is 0.0199 e. The standard InChI is InChI=1S/C11H21NS/c1-8-3-4-9(7-8)12-10-5-6-11(10)13-2/h8-12H,3-7H2,1-2H3. The van der Waals surface area contributed by atoms with Gasteiger partial charge in [-0.1, -0.05) is 6.92 Å². The van der Waals surface area contributed by atoms with Gasteiger partial charge in [0.15, 0.2) is 0 Å². The van der Waals surface area contributed by atoms with Crippen LogP contribution in [0.15, 0.2) is 0 Å². The molecule has 1 N–H and O–H groups in total. The summed E-state index contributed by atoms with van der Waals surface area (Å²) in [5, 5.41) is 4.74. The van der Waals surface area contributed by atoms with Gasteiger partial charge in [0, 0.05) is 17.3 Å². The minimum atomic E-state index is 0.838. The average Bonchev–Trinajstić information content (AvgIpc) is 2.46. The van der Waals surface area contributed by atoms with E-state index in [1.54, 1.807) is 0 Å². The summed E-state index contributed by atoms with van der Waals surface area (Å²) in [4.78, 5) is 0. The van der Waals surface area contributed by atoms with Gasteiger partial charge in [-0.25, -0.2) is 0 Å². The van der Waals surface area contributed by atoms with E-state index in [1.165, 1.54) is 32.1 Å². The van der Waals surface area contributed by atoms with E-state index in [0.717, 1.165) is 23.3 Å². The molecule has 4 atom stereocenters. The van der Waals surface area contributed by atoms with E-state index < -0.39 is 0 Å². The number of rotatable bonds is 3. The third-order valence-electron chi connectivity index (χ3n) is 3.66. The van der Waals surface area contributed by atoms with Gasteiger partial charge in [0.05, 0.1) is 0 Å². The monoisotopic (exact) mass is 199 g/mol. The van der Waals surface area contributed by atoms with Crippen LogP contribution in [0.4, 0.5) is 0 Å². The first-order valence-corrected chi connectivity index (χ1v) is 6.87. The predicted octanol–water partition coefficient (Wildman–Crippen LogP) is 2.66. The topological polar surface area (TPSA) is 12.0 Å². The van der Waals surface area contributed by atoms with Gasteiger partial charge in [0.1, 0.15) is 0 Å². The highest BCUT2D eigenvalue weighted by atomic mass is 32.2. The molecule has 0 radical (unpaired) electrons. The van der Waals surface area contributed by atoms with Crippen molar-refractivity contribution < 1.29 is 0 Å². The quantitative estimate of drug-likeness (QED) is 0.750. The molecule has 0 heterocycles. The molecule has 4 unspecified atom stereocenters. The SMILES string of the molecule is CSC1CCC1NC1CCC(C)C1. The molecule has 2 aliphatic carbocycles. The summed E-state index contributed by atoms with van der Waals surface area (Å²) < 4.78 is 0. The summed E-state index contributed by atoms with van der Waals surface area (Å²) in [7, 11) is 0. The van der Waals surface area contributed by atoms with E-state index in [2.05, 4.69) is 18.5 Å². The first-order chi connectivity index (χ1) is 6.29. The zero-order chi connectivity index (χ0) is 9.26. The van der Waals surface area contributed by atoms with Gasteiger partial charge in [-0.15, -0.1) is 0 Å². The molecular formula is C11H21NS. The van der Waals surface area contributed by atoms with Crippen molar-refractivity contribution >= 4 is 11.8 Å². The number of hydrogen-bond donors (Lipinski definition) is 1. The summed E-state index contributed by atoms with van der Waals surface area (Å²) in [6, 6.07) is 1.68. The van der Waals surface area contributed by atoms with Crippen LogP contribution in [-0.4, -0.2) is 23.6 Å². The largest absolute Gasteiger partial charge is 0.310 e. The first-order valence-electron chi connectivity index (χ1n) is 5.58. The summed E-state index contributed by atoms with van der Waals surface area (Å²) in [6.45, 7) is 2.38. The van der Waals surface area contributed by atoms with Crippen LogP contribution in [0.3, 0.4) is 0 Å². The fraction of sp³-hybridized carbons (Fsp3) is 1.00. The van der Waals surface area contributed by atoms with Crippen LogP contribution in [-0.2, 0) is 0 Å². The Morgan fingerprint density at radius 3 is 2.46 bits per heavy atom. The van der Waals surface area contributed by atoms with Crippen molar-refractivity contribution in [1.29, 1.82) is 0 Å². The first kappa shape index (κ1) is 9.85. The molecule has 0 aromatic rings. The molecule has 1 nitrogen and oxygen atoms in total. The minimum absolute atomic E-state index is 0.838. The Morgan fingerprint density at radius 1 is 1.15 bits per heavy atom. The van der Waals surface area contributed by atoms with E-state index >= 15 is 0 Å². The lowest BCUT2D eigenvalue weighted by atomic mass is 9.91. The van der Waals surface area contributed by atoms with Crippen LogP contribution in [0.1, 0.15) is 39.0 Å². The second kappa shape index (κ2) is 4.22. The Kier molecular flexibility index (Phi) is 3.20. The second-order valence-electron chi connectivity index (χ2n) is 4.74. The Bertz CT molecular complexity index is 169. The van der Waals surface area contributed by atoms with Gasteiger partial charge in [0.25, 0.3) is 0 Å². The molecule has 0 spiro atoms. The Labute approximate surface area is 86.0 Å². The maximum absolute atomic E-state index is 3.83. The van der Waals surface area contributed by atoms with Crippen molar-refractivity contribution in [2.45, 2.75) is 56.4 Å². The summed E-state index contributed by atoms with van der Waals surface area (Å²) in [5.41, 5.74) is 0. The molecule has 2 aliphatic rings. The Morgan fingerprint density at radius 2 is 2.00 bits per heavy atom. The molecule has 2 rings (SSSR count). The number of thioether (sulfide) groups is 1. The van der Waals surface area contributed by atoms with Gasteiger partial charge in [-0.2, -0.15) is 11.8 Å². The third-order valence-corrected chi connectivity index (χ3v) is 4.83. The summed E-state index contributed by atoms with van der Waals surface area (Å²) in [5.74, 6) is 0.963. The van der Waals surface area contributed by atoms with Crippen LogP contribution in [0.2, 0.25) is 0 Å². The molecule has 2 fully saturated rings. The molecule has 0 aromatic heterocycles. The van der Waals surface area contributed by atoms with Gasteiger partial charge >= 0.3 is 0 Å². The van der Waals surface area contributed by atoms with Gasteiger partial charge in [0.2, 0.25) is 0 Å². The van der Waals surface area contributed by atoms with Gasteiger partial charge < -0.3 is 5.32 Å². The normalized spacial score (nSPS) is 44.8. The molecule has 0 aliphatic heterocycles. The van der Waals surface area contributed by atoms with E-state index in [9.17, 15) is 0 Å². The Balaban J connectivity index is 1.72. The van der Waals surface area contributed by atoms with Crippen LogP contribution in [0.5, 0.6) is 0 Å². The number of hydrogen-bond acceptors (Lipinski definition) is 2. The predicted molar refractivity (Wildman–Crippen MR) is 60.3 cm³/mol. The van der Waals surface area contributed by atoms with E-state index in [1.807, 2.05) is 11.8 Å². The highest BCUT2D eigenvalue weighted by Gasteiger charge is 2.33. The lowest BCUT2D eigenvalue weighted by molar-refractivity contribution is 0.313. The minimum Gasteiger partial charge on any atom is -0.310 e. The van der Waals surface area contributed by atoms with Crippen molar-refractivity contribution in [3.8, 4) is 0 Å². The highest BCUT2D eigenvalue weighted by molar-refractivity contribution is 7.99. The lowest BCUT2D eigenvalue weighted by Crippen LogP contribution is -2.49. The van der Waals surface area contributed by atoms with Crippen LogP contribution >= 0.6 is 11.8 Å². The van der Waals surface area contributed by atoms with Crippen molar-refractivity contribution in [2.24, 2.45) is 5.92 Å². The van der Waals surface area contributed by atoms with Crippen molar-refractivity contribution in [3.63, 3.8) is 0 Å². The molecule has 76 valence electrons. The maximum Gasteiger partial charge on any atom is 0.0199 e. The van der Waals surface area contributed by atoms with E-state index in [-0.39, 0.29) is 0 Å². The molecular weight excluding hydrogens is 178 g/mol. The van der Waals surface area contributed by atoms with Gasteiger partial charge in [-0.05, 0) is 44.3 Å². The maximum atomic E-state index is 3.83. The second-order valence-corrected chi connectivity index (χ2v) is 5.82. The van der Waals surface area contributed by atoms with Crippen LogP contribution in [0, 0.1) is 5.92 Å². The lowest BCUT2D eigenvalue weighted by Gasteiger charge is -2.38.